The Balaban J connectivity index is 1.53. The number of nitrogens with zero attached hydrogens (tertiary/aromatic N) is 1. The first kappa shape index (κ1) is 17.4. The number of hydrogen-bond donors (Lipinski definition) is 0. The number of aryl methyl sites for hydroxylation is 1. The molecule has 5 heteroatoms. The van der Waals surface area contributed by atoms with Gasteiger partial charge in [0.2, 0.25) is 0 Å². The van der Waals surface area contributed by atoms with Crippen LogP contribution in [0.5, 0.6) is 0 Å². The minimum absolute atomic E-state index is 0.264. The van der Waals surface area contributed by atoms with Crippen LogP contribution in [0, 0.1) is 6.92 Å². The SMILES string of the molecule is Cc1ccc(-c2ccc(C=C3SC(=O)N(Cc4ccccc4)C3=O)o2)cc1. The van der Waals surface area contributed by atoms with Crippen LogP contribution in [0.25, 0.3) is 17.4 Å². The van der Waals surface area contributed by atoms with E-state index in [4.69, 9.17) is 4.42 Å². The Morgan fingerprint density at radius 2 is 1.70 bits per heavy atom. The van der Waals surface area contributed by atoms with E-state index in [1.807, 2.05) is 67.6 Å². The van der Waals surface area contributed by atoms with Crippen molar-refractivity contribution >= 4 is 29.0 Å². The second-order valence-electron chi connectivity index (χ2n) is 6.32. The van der Waals surface area contributed by atoms with Crippen molar-refractivity contribution in [3.05, 3.63) is 88.5 Å². The molecule has 2 aromatic carbocycles. The van der Waals surface area contributed by atoms with Gasteiger partial charge in [-0.05, 0) is 36.4 Å². The molecule has 3 aromatic rings. The molecule has 1 fully saturated rings. The van der Waals surface area contributed by atoms with E-state index >= 15 is 0 Å². The number of furan rings is 1. The Bertz CT molecular complexity index is 1020. The predicted molar refractivity (Wildman–Crippen MR) is 107 cm³/mol. The van der Waals surface area contributed by atoms with Crippen LogP contribution in [0.3, 0.4) is 0 Å². The van der Waals surface area contributed by atoms with Crippen LogP contribution in [0.4, 0.5) is 4.79 Å². The summed E-state index contributed by atoms with van der Waals surface area (Å²) in [5, 5.41) is -0.264. The zero-order chi connectivity index (χ0) is 18.8. The average molecular weight is 375 g/mol. The van der Waals surface area contributed by atoms with Gasteiger partial charge in [-0.25, -0.2) is 0 Å². The summed E-state index contributed by atoms with van der Waals surface area (Å²) in [6, 6.07) is 21.2. The molecule has 1 saturated heterocycles. The van der Waals surface area contributed by atoms with Crippen molar-refractivity contribution in [1.29, 1.82) is 0 Å². The summed E-state index contributed by atoms with van der Waals surface area (Å²) in [6.07, 6.45) is 1.63. The monoisotopic (exact) mass is 375 g/mol. The van der Waals surface area contributed by atoms with Gasteiger partial charge in [0.1, 0.15) is 11.5 Å². The Labute approximate surface area is 161 Å². The molecule has 2 heterocycles. The van der Waals surface area contributed by atoms with E-state index in [1.165, 1.54) is 10.5 Å². The molecule has 1 aliphatic heterocycles. The summed E-state index contributed by atoms with van der Waals surface area (Å²) in [6.45, 7) is 2.30. The molecule has 0 atom stereocenters. The Morgan fingerprint density at radius 1 is 0.963 bits per heavy atom. The zero-order valence-electron chi connectivity index (χ0n) is 14.7. The van der Waals surface area contributed by atoms with E-state index in [2.05, 4.69) is 0 Å². The topological polar surface area (TPSA) is 50.5 Å². The molecular weight excluding hydrogens is 358 g/mol. The van der Waals surface area contributed by atoms with Crippen molar-refractivity contribution in [2.75, 3.05) is 0 Å². The number of benzene rings is 2. The van der Waals surface area contributed by atoms with Crippen LogP contribution in [-0.2, 0) is 11.3 Å². The van der Waals surface area contributed by atoms with Crippen LogP contribution in [0.15, 0.2) is 76.1 Å². The van der Waals surface area contributed by atoms with Crippen LogP contribution in [-0.4, -0.2) is 16.0 Å². The van der Waals surface area contributed by atoms with Gasteiger partial charge in [0.15, 0.2) is 0 Å². The first-order chi connectivity index (χ1) is 13.1. The first-order valence-corrected chi connectivity index (χ1v) is 9.38. The number of hydrogen-bond acceptors (Lipinski definition) is 4. The van der Waals surface area contributed by atoms with E-state index in [1.54, 1.807) is 12.1 Å². The smallest absolute Gasteiger partial charge is 0.293 e. The first-order valence-electron chi connectivity index (χ1n) is 8.56. The standard InChI is InChI=1S/C22H17NO3S/c1-15-7-9-17(10-8-15)19-12-11-18(26-19)13-20-21(24)23(22(25)27-20)14-16-5-3-2-4-6-16/h2-13H,14H2,1H3. The van der Waals surface area contributed by atoms with Crippen molar-refractivity contribution in [2.24, 2.45) is 0 Å². The third-order valence-corrected chi connectivity index (χ3v) is 5.20. The fourth-order valence-corrected chi connectivity index (χ4v) is 3.65. The molecule has 0 radical (unpaired) electrons. The molecular formula is C22H17NO3S. The van der Waals surface area contributed by atoms with Gasteiger partial charge in [-0.2, -0.15) is 0 Å². The minimum atomic E-state index is -0.290. The number of amides is 2. The van der Waals surface area contributed by atoms with E-state index in [0.29, 0.717) is 10.7 Å². The summed E-state index contributed by atoms with van der Waals surface area (Å²) in [7, 11) is 0. The molecule has 0 saturated carbocycles. The molecule has 1 aromatic heterocycles. The van der Waals surface area contributed by atoms with Crippen molar-refractivity contribution in [2.45, 2.75) is 13.5 Å². The normalized spacial score (nSPS) is 15.7. The maximum atomic E-state index is 12.6. The largest absolute Gasteiger partial charge is 0.457 e. The van der Waals surface area contributed by atoms with Crippen LogP contribution in [0.1, 0.15) is 16.9 Å². The molecule has 4 rings (SSSR count). The van der Waals surface area contributed by atoms with Gasteiger partial charge in [-0.3, -0.25) is 14.5 Å². The molecule has 0 aliphatic carbocycles. The molecule has 4 nitrogen and oxygen atoms in total. The highest BCUT2D eigenvalue weighted by Gasteiger charge is 2.35. The van der Waals surface area contributed by atoms with Gasteiger partial charge >= 0.3 is 0 Å². The number of rotatable bonds is 4. The summed E-state index contributed by atoms with van der Waals surface area (Å²) in [5.74, 6) is 0.989. The lowest BCUT2D eigenvalue weighted by Gasteiger charge is -2.11. The van der Waals surface area contributed by atoms with Crippen LogP contribution in [0.2, 0.25) is 0 Å². The molecule has 134 valence electrons. The summed E-state index contributed by atoms with van der Waals surface area (Å²) < 4.78 is 5.84. The van der Waals surface area contributed by atoms with E-state index in [9.17, 15) is 9.59 Å². The average Bonchev–Trinajstić information content (AvgIpc) is 3.24. The lowest BCUT2D eigenvalue weighted by Crippen LogP contribution is -2.27. The van der Waals surface area contributed by atoms with Gasteiger partial charge in [-0.15, -0.1) is 0 Å². The number of thioether (sulfide) groups is 1. The summed E-state index contributed by atoms with van der Waals surface area (Å²) >= 11 is 0.941. The van der Waals surface area contributed by atoms with Crippen molar-refractivity contribution in [1.82, 2.24) is 4.90 Å². The van der Waals surface area contributed by atoms with E-state index < -0.39 is 0 Å². The van der Waals surface area contributed by atoms with Gasteiger partial charge in [0.25, 0.3) is 11.1 Å². The maximum absolute atomic E-state index is 12.6. The number of carbonyl (C=O) groups is 2. The Morgan fingerprint density at radius 3 is 2.44 bits per heavy atom. The number of imide groups is 1. The second-order valence-corrected chi connectivity index (χ2v) is 7.31. The quantitative estimate of drug-likeness (QED) is 0.566. The minimum Gasteiger partial charge on any atom is -0.457 e. The fourth-order valence-electron chi connectivity index (χ4n) is 2.83. The van der Waals surface area contributed by atoms with E-state index in [-0.39, 0.29) is 17.7 Å². The van der Waals surface area contributed by atoms with Gasteiger partial charge in [-0.1, -0.05) is 60.2 Å². The van der Waals surface area contributed by atoms with E-state index in [0.717, 1.165) is 28.6 Å². The third-order valence-electron chi connectivity index (χ3n) is 4.29. The summed E-state index contributed by atoms with van der Waals surface area (Å²) in [4.78, 5) is 26.5. The van der Waals surface area contributed by atoms with Crippen molar-refractivity contribution in [3.63, 3.8) is 0 Å². The maximum Gasteiger partial charge on any atom is 0.293 e. The molecule has 0 bridgehead atoms. The highest BCUT2D eigenvalue weighted by molar-refractivity contribution is 8.18. The highest BCUT2D eigenvalue weighted by Crippen LogP contribution is 2.34. The molecule has 2 amide bonds. The second kappa shape index (κ2) is 7.29. The lowest BCUT2D eigenvalue weighted by molar-refractivity contribution is -0.123. The van der Waals surface area contributed by atoms with Crippen LogP contribution >= 0.6 is 11.8 Å². The van der Waals surface area contributed by atoms with Crippen molar-refractivity contribution in [3.8, 4) is 11.3 Å². The highest BCUT2D eigenvalue weighted by atomic mass is 32.2. The summed E-state index contributed by atoms with van der Waals surface area (Å²) in [5.41, 5.74) is 3.07. The molecule has 0 unspecified atom stereocenters. The molecule has 0 N–H and O–H groups in total. The molecule has 0 spiro atoms. The van der Waals surface area contributed by atoms with Crippen LogP contribution < -0.4 is 0 Å². The zero-order valence-corrected chi connectivity index (χ0v) is 15.5. The molecule has 27 heavy (non-hydrogen) atoms. The predicted octanol–water partition coefficient (Wildman–Crippen LogP) is 5.49. The van der Waals surface area contributed by atoms with Gasteiger partial charge in [0, 0.05) is 11.6 Å². The number of carbonyl (C=O) groups excluding carboxylic acids is 2. The third kappa shape index (κ3) is 3.73. The lowest BCUT2D eigenvalue weighted by atomic mass is 10.1. The van der Waals surface area contributed by atoms with Crippen molar-refractivity contribution < 1.29 is 14.0 Å². The molecule has 1 aliphatic rings. The van der Waals surface area contributed by atoms with Gasteiger partial charge < -0.3 is 4.42 Å². The fraction of sp³-hybridized carbons (Fsp3) is 0.0909. The Hall–Kier alpha value is -3.05. The van der Waals surface area contributed by atoms with Gasteiger partial charge in [0.05, 0.1) is 11.4 Å². The Kier molecular flexibility index (Phi) is 4.69.